The quantitative estimate of drug-likeness (QED) is 0.519. The third-order valence-corrected chi connectivity index (χ3v) is 4.97. The number of fused-ring (bicyclic) bond motifs is 1. The molecule has 3 rings (SSSR count). The van der Waals surface area contributed by atoms with E-state index in [4.69, 9.17) is 16.3 Å². The fourth-order valence-electron chi connectivity index (χ4n) is 2.78. The van der Waals surface area contributed by atoms with Gasteiger partial charge < -0.3 is 10.1 Å². The van der Waals surface area contributed by atoms with Crippen molar-refractivity contribution in [2.24, 2.45) is 5.92 Å². The molecule has 1 aromatic carbocycles. The lowest BCUT2D eigenvalue weighted by atomic mass is 9.90. The topological polar surface area (TPSA) is 38.3 Å². The van der Waals surface area contributed by atoms with E-state index < -0.39 is 23.8 Å². The van der Waals surface area contributed by atoms with E-state index in [-0.39, 0.29) is 28.6 Å². The van der Waals surface area contributed by atoms with Crippen molar-refractivity contribution < 1.29 is 22.7 Å². The third kappa shape index (κ3) is 3.73. The van der Waals surface area contributed by atoms with Crippen LogP contribution in [0.5, 0.6) is 0 Å². The molecule has 1 N–H and O–H groups in total. The predicted molar refractivity (Wildman–Crippen MR) is 93.0 cm³/mol. The number of ether oxygens (including phenoxy) is 1. The van der Waals surface area contributed by atoms with E-state index in [9.17, 15) is 18.0 Å². The summed E-state index contributed by atoms with van der Waals surface area (Å²) in [6.45, 7) is 0. The van der Waals surface area contributed by atoms with Gasteiger partial charge in [-0.05, 0) is 49.5 Å². The maximum Gasteiger partial charge on any atom is 0.425 e. The van der Waals surface area contributed by atoms with Crippen LogP contribution >= 0.6 is 27.5 Å². The minimum atomic E-state index is -4.76. The molecule has 1 aromatic rings. The molecule has 1 fully saturated rings. The van der Waals surface area contributed by atoms with Gasteiger partial charge in [-0.2, -0.15) is 13.2 Å². The van der Waals surface area contributed by atoms with Crippen molar-refractivity contribution in [3.8, 4) is 0 Å². The molecule has 0 aromatic heterocycles. The standard InChI is InChI=1S/C17H16BrClF3NO2/c18-8-6-14-15(24)23-13-4-3-11(19)9-12(13)16(25-14,17(20,21)22)7-5-10-1-2-10/h3-5,7,9-10,14H,1-2,6,8H2,(H,23,24)/t14-,16-/m0/s1. The molecule has 0 spiro atoms. The monoisotopic (exact) mass is 437 g/mol. The molecule has 25 heavy (non-hydrogen) atoms. The zero-order chi connectivity index (χ0) is 18.2. The average Bonchev–Trinajstić information content (AvgIpc) is 3.35. The third-order valence-electron chi connectivity index (χ3n) is 4.28. The number of rotatable bonds is 4. The molecular weight excluding hydrogens is 423 g/mol. The summed E-state index contributed by atoms with van der Waals surface area (Å²) in [5.74, 6) is -0.485. The van der Waals surface area contributed by atoms with E-state index >= 15 is 0 Å². The van der Waals surface area contributed by atoms with Gasteiger partial charge in [0.15, 0.2) is 0 Å². The lowest BCUT2D eigenvalue weighted by Crippen LogP contribution is -2.46. The molecule has 1 saturated carbocycles. The van der Waals surface area contributed by atoms with E-state index in [0.717, 1.165) is 18.9 Å². The summed E-state index contributed by atoms with van der Waals surface area (Å²) < 4.78 is 48.1. The van der Waals surface area contributed by atoms with Crippen LogP contribution in [-0.4, -0.2) is 23.5 Å². The number of halogens is 5. The van der Waals surface area contributed by atoms with Crippen molar-refractivity contribution in [1.82, 2.24) is 0 Å². The van der Waals surface area contributed by atoms with Crippen molar-refractivity contribution in [3.05, 3.63) is 40.9 Å². The molecule has 0 bridgehead atoms. The van der Waals surface area contributed by atoms with E-state index in [1.807, 2.05) is 0 Å². The predicted octanol–water partition coefficient (Wildman–Crippen LogP) is 5.19. The number of allylic oxidation sites excluding steroid dienone is 1. The van der Waals surface area contributed by atoms with E-state index in [0.29, 0.717) is 5.33 Å². The van der Waals surface area contributed by atoms with Crippen LogP contribution in [0.2, 0.25) is 5.02 Å². The smallest absolute Gasteiger partial charge is 0.344 e. The molecule has 1 aliphatic carbocycles. The van der Waals surface area contributed by atoms with E-state index in [2.05, 4.69) is 21.2 Å². The Morgan fingerprint density at radius 1 is 1.40 bits per heavy atom. The number of carbonyl (C=O) groups excluding carboxylic acids is 1. The Kier molecular flexibility index (Phi) is 5.19. The van der Waals surface area contributed by atoms with Crippen LogP contribution in [-0.2, 0) is 15.1 Å². The number of hydrogen-bond donors (Lipinski definition) is 1. The Bertz CT molecular complexity index is 706. The molecule has 3 nitrogen and oxygen atoms in total. The Balaban J connectivity index is 2.19. The van der Waals surface area contributed by atoms with E-state index in [1.54, 1.807) is 0 Å². The Morgan fingerprint density at radius 3 is 2.72 bits per heavy atom. The zero-order valence-corrected chi connectivity index (χ0v) is 15.4. The van der Waals surface area contributed by atoms with Crippen molar-refractivity contribution >= 4 is 39.1 Å². The number of carbonyl (C=O) groups is 1. The van der Waals surface area contributed by atoms with Gasteiger partial charge in [-0.25, -0.2) is 0 Å². The fourth-order valence-corrected chi connectivity index (χ4v) is 3.37. The van der Waals surface area contributed by atoms with Crippen molar-refractivity contribution in [2.45, 2.75) is 37.1 Å². The second kappa shape index (κ2) is 6.93. The highest BCUT2D eigenvalue weighted by Crippen LogP contribution is 2.50. The minimum Gasteiger partial charge on any atom is -0.344 e. The molecule has 136 valence electrons. The van der Waals surface area contributed by atoms with Crippen LogP contribution in [0.25, 0.3) is 0 Å². The summed E-state index contributed by atoms with van der Waals surface area (Å²) in [6, 6.07) is 4.02. The second-order valence-corrected chi connectivity index (χ2v) is 7.42. The van der Waals surface area contributed by atoms with Crippen molar-refractivity contribution in [1.29, 1.82) is 0 Å². The van der Waals surface area contributed by atoms with Gasteiger partial charge in [0.2, 0.25) is 5.60 Å². The van der Waals surface area contributed by atoms with Gasteiger partial charge in [-0.15, -0.1) is 0 Å². The van der Waals surface area contributed by atoms with E-state index in [1.165, 1.54) is 24.3 Å². The van der Waals surface area contributed by atoms with Gasteiger partial charge >= 0.3 is 6.18 Å². The summed E-state index contributed by atoms with van der Waals surface area (Å²) in [6.07, 6.45) is -1.60. The molecule has 8 heteroatoms. The van der Waals surface area contributed by atoms with Gasteiger partial charge in [0.25, 0.3) is 5.91 Å². The highest BCUT2D eigenvalue weighted by Gasteiger charge is 2.59. The summed E-state index contributed by atoms with van der Waals surface area (Å²) >= 11 is 9.11. The normalized spacial score (nSPS) is 27.1. The molecule has 1 aliphatic heterocycles. The summed E-state index contributed by atoms with van der Waals surface area (Å²) in [7, 11) is 0. The highest BCUT2D eigenvalue weighted by atomic mass is 79.9. The molecule has 0 saturated heterocycles. The lowest BCUT2D eigenvalue weighted by Gasteiger charge is -2.35. The highest BCUT2D eigenvalue weighted by molar-refractivity contribution is 9.09. The van der Waals surface area contributed by atoms with Crippen LogP contribution in [0.3, 0.4) is 0 Å². The minimum absolute atomic E-state index is 0.0595. The molecular formula is C17H16BrClF3NO2. The average molecular weight is 439 g/mol. The molecule has 0 unspecified atom stereocenters. The molecule has 1 heterocycles. The van der Waals surface area contributed by atoms with Crippen molar-refractivity contribution in [3.63, 3.8) is 0 Å². The first-order chi connectivity index (χ1) is 11.8. The van der Waals surface area contributed by atoms with Gasteiger partial charge in [0.05, 0.1) is 0 Å². The lowest BCUT2D eigenvalue weighted by molar-refractivity contribution is -0.272. The maximum atomic E-state index is 14.2. The fraction of sp³-hybridized carbons (Fsp3) is 0.471. The Labute approximate surface area is 156 Å². The summed E-state index contributed by atoms with van der Waals surface area (Å²) in [5.41, 5.74) is -2.86. The molecule has 2 aliphatic rings. The van der Waals surface area contributed by atoms with Crippen LogP contribution in [0.1, 0.15) is 24.8 Å². The van der Waals surface area contributed by atoms with Gasteiger partial charge in [0, 0.05) is 21.6 Å². The molecule has 2 atom stereocenters. The number of nitrogens with one attached hydrogen (secondary N) is 1. The Hall–Kier alpha value is -1.05. The summed E-state index contributed by atoms with van der Waals surface area (Å²) in [4.78, 5) is 12.3. The molecule has 0 radical (unpaired) electrons. The Morgan fingerprint density at radius 2 is 2.12 bits per heavy atom. The first kappa shape index (κ1) is 18.7. The van der Waals surface area contributed by atoms with Crippen LogP contribution in [0, 0.1) is 5.92 Å². The van der Waals surface area contributed by atoms with Crippen LogP contribution in [0.4, 0.5) is 18.9 Å². The number of hydrogen-bond acceptors (Lipinski definition) is 2. The second-order valence-electron chi connectivity index (χ2n) is 6.19. The van der Waals surface area contributed by atoms with Gasteiger partial charge in [-0.3, -0.25) is 4.79 Å². The SMILES string of the molecule is O=C1Nc2ccc(Cl)cc2[C@@](C=CC2CC2)(C(F)(F)F)O[C@H]1CCBr. The maximum absolute atomic E-state index is 14.2. The number of amides is 1. The van der Waals surface area contributed by atoms with Crippen LogP contribution < -0.4 is 5.32 Å². The van der Waals surface area contributed by atoms with Gasteiger partial charge in [-0.1, -0.05) is 33.6 Å². The van der Waals surface area contributed by atoms with Crippen molar-refractivity contribution in [2.75, 3.05) is 10.6 Å². The van der Waals surface area contributed by atoms with Crippen LogP contribution in [0.15, 0.2) is 30.4 Å². The first-order valence-corrected chi connectivity index (χ1v) is 9.37. The molecule has 1 amide bonds. The summed E-state index contributed by atoms with van der Waals surface area (Å²) in [5, 5.41) is 3.02. The first-order valence-electron chi connectivity index (χ1n) is 7.87. The number of anilines is 1. The number of benzene rings is 1. The zero-order valence-electron chi connectivity index (χ0n) is 13.1. The largest absolute Gasteiger partial charge is 0.425 e. The number of alkyl halides is 4. The van der Waals surface area contributed by atoms with Gasteiger partial charge in [0.1, 0.15) is 6.10 Å².